The van der Waals surface area contributed by atoms with Crippen LogP contribution in [0.1, 0.15) is 61.3 Å². The topological polar surface area (TPSA) is 81.7 Å². The predicted molar refractivity (Wildman–Crippen MR) is 76.6 cm³/mol. The zero-order valence-corrected chi connectivity index (χ0v) is 13.5. The fraction of sp³-hybridized carbons (Fsp3) is 0.786. The first kappa shape index (κ1) is 20.7. The summed E-state index contributed by atoms with van der Waals surface area (Å²) in [5, 5.41) is 1.97. The van der Waals surface area contributed by atoms with Crippen LogP contribution in [0, 0.1) is 0 Å². The molecule has 1 N–H and O–H groups in total. The van der Waals surface area contributed by atoms with Gasteiger partial charge in [0.15, 0.2) is 0 Å². The molecule has 118 valence electrons. The summed E-state index contributed by atoms with van der Waals surface area (Å²) < 4.78 is 9.74. The third kappa shape index (κ3) is 18.8. The van der Waals surface area contributed by atoms with Gasteiger partial charge in [-0.2, -0.15) is 0 Å². The van der Waals surface area contributed by atoms with Crippen LogP contribution in [0.15, 0.2) is 0 Å². The van der Waals surface area contributed by atoms with Gasteiger partial charge < -0.3 is 14.3 Å². The SMILES string of the molecule is CC(C)(C)OC(=O)NC(=O)OC(C)(C)C.CCCC=O. The van der Waals surface area contributed by atoms with E-state index in [-0.39, 0.29) is 0 Å². The molecule has 20 heavy (non-hydrogen) atoms. The number of hydrogen-bond donors (Lipinski definition) is 1. The number of ether oxygens (including phenoxy) is 2. The van der Waals surface area contributed by atoms with Crippen molar-refractivity contribution in [2.45, 2.75) is 72.5 Å². The van der Waals surface area contributed by atoms with Gasteiger partial charge in [0.05, 0.1) is 0 Å². The number of alkyl carbamates (subject to hydrolysis) is 2. The fourth-order valence-electron chi connectivity index (χ4n) is 0.808. The molecule has 6 nitrogen and oxygen atoms in total. The Balaban J connectivity index is 0. The molecule has 0 unspecified atom stereocenters. The smallest absolute Gasteiger partial charge is 0.417 e. The highest BCUT2D eigenvalue weighted by molar-refractivity contribution is 5.87. The molecule has 0 aliphatic rings. The average Bonchev–Trinajstić information content (AvgIpc) is 2.12. The van der Waals surface area contributed by atoms with E-state index in [4.69, 9.17) is 9.47 Å². The first-order valence-electron chi connectivity index (χ1n) is 6.58. The van der Waals surface area contributed by atoms with E-state index in [9.17, 15) is 14.4 Å². The largest absolute Gasteiger partial charge is 0.443 e. The molecule has 0 aliphatic heterocycles. The third-order valence-electron chi connectivity index (χ3n) is 1.41. The number of hydrogen-bond acceptors (Lipinski definition) is 5. The van der Waals surface area contributed by atoms with Gasteiger partial charge in [-0.05, 0) is 48.0 Å². The molecular weight excluding hydrogens is 262 g/mol. The van der Waals surface area contributed by atoms with Crippen LogP contribution in [-0.2, 0) is 14.3 Å². The lowest BCUT2D eigenvalue weighted by atomic mass is 10.2. The second-order valence-corrected chi connectivity index (χ2v) is 6.08. The number of amides is 2. The number of carbonyl (C=O) groups is 3. The lowest BCUT2D eigenvalue weighted by Crippen LogP contribution is -2.39. The first-order chi connectivity index (χ1) is 8.91. The van der Waals surface area contributed by atoms with E-state index >= 15 is 0 Å². The van der Waals surface area contributed by atoms with E-state index in [0.717, 1.165) is 12.7 Å². The molecule has 0 aromatic rings. The Bertz CT molecular complexity index is 287. The lowest BCUT2D eigenvalue weighted by Gasteiger charge is -2.21. The third-order valence-corrected chi connectivity index (χ3v) is 1.41. The molecule has 0 fully saturated rings. The van der Waals surface area contributed by atoms with Gasteiger partial charge in [-0.1, -0.05) is 6.92 Å². The van der Waals surface area contributed by atoms with Gasteiger partial charge in [0.25, 0.3) is 0 Å². The molecule has 6 heteroatoms. The Morgan fingerprint density at radius 1 is 0.950 bits per heavy atom. The van der Waals surface area contributed by atoms with E-state index in [2.05, 4.69) is 0 Å². The van der Waals surface area contributed by atoms with Crippen LogP contribution < -0.4 is 5.32 Å². The normalized spacial score (nSPS) is 10.8. The van der Waals surface area contributed by atoms with Crippen molar-refractivity contribution in [2.75, 3.05) is 0 Å². The summed E-state index contributed by atoms with van der Waals surface area (Å²) in [6, 6.07) is 0. The first-order valence-corrected chi connectivity index (χ1v) is 6.58. The highest BCUT2D eigenvalue weighted by atomic mass is 16.6. The number of carbonyl (C=O) groups excluding carboxylic acids is 3. The van der Waals surface area contributed by atoms with Crippen LogP contribution in [-0.4, -0.2) is 29.7 Å². The summed E-state index contributed by atoms with van der Waals surface area (Å²) in [4.78, 5) is 31.6. The molecule has 0 aromatic carbocycles. The van der Waals surface area contributed by atoms with Crippen LogP contribution in [0.25, 0.3) is 0 Å². The summed E-state index contributed by atoms with van der Waals surface area (Å²) in [7, 11) is 0. The Morgan fingerprint density at radius 2 is 1.30 bits per heavy atom. The van der Waals surface area contributed by atoms with Crippen molar-refractivity contribution in [3.63, 3.8) is 0 Å². The van der Waals surface area contributed by atoms with E-state index in [0.29, 0.717) is 6.42 Å². The van der Waals surface area contributed by atoms with Gasteiger partial charge in [-0.3, -0.25) is 0 Å². The second-order valence-electron chi connectivity index (χ2n) is 6.08. The lowest BCUT2D eigenvalue weighted by molar-refractivity contribution is -0.107. The molecular formula is C14H27NO5. The second kappa shape index (κ2) is 9.34. The molecule has 0 bridgehead atoms. The quantitative estimate of drug-likeness (QED) is 0.787. The minimum Gasteiger partial charge on any atom is -0.443 e. The van der Waals surface area contributed by atoms with Crippen molar-refractivity contribution in [3.8, 4) is 0 Å². The van der Waals surface area contributed by atoms with E-state index in [1.807, 2.05) is 12.2 Å². The van der Waals surface area contributed by atoms with E-state index < -0.39 is 23.4 Å². The highest BCUT2D eigenvalue weighted by Gasteiger charge is 2.21. The minimum atomic E-state index is -0.809. The number of aldehydes is 1. The Labute approximate surface area is 121 Å². The average molecular weight is 289 g/mol. The fourth-order valence-corrected chi connectivity index (χ4v) is 0.808. The van der Waals surface area contributed by atoms with Crippen molar-refractivity contribution >= 4 is 18.5 Å². The van der Waals surface area contributed by atoms with E-state index in [1.54, 1.807) is 41.5 Å². The van der Waals surface area contributed by atoms with Gasteiger partial charge in [0, 0.05) is 6.42 Å². The standard InChI is InChI=1S/C10H19NO4.C4H8O/c1-9(2,3)14-7(12)11-8(13)15-10(4,5)6;1-2-3-4-5/h1-6H3,(H,11,12,13);4H,2-3H2,1H3. The Morgan fingerprint density at radius 3 is 1.45 bits per heavy atom. The molecule has 0 spiro atoms. The van der Waals surface area contributed by atoms with Gasteiger partial charge in [-0.25, -0.2) is 14.9 Å². The molecule has 2 amide bonds. The maximum Gasteiger partial charge on any atom is 0.417 e. The Hall–Kier alpha value is -1.59. The van der Waals surface area contributed by atoms with Crippen molar-refractivity contribution < 1.29 is 23.9 Å². The summed E-state index contributed by atoms with van der Waals surface area (Å²) in [5.74, 6) is 0. The molecule has 0 radical (unpaired) electrons. The van der Waals surface area contributed by atoms with Gasteiger partial charge >= 0.3 is 12.2 Å². The maximum absolute atomic E-state index is 11.1. The minimum absolute atomic E-state index is 0.633. The van der Waals surface area contributed by atoms with Crippen molar-refractivity contribution in [1.29, 1.82) is 0 Å². The van der Waals surface area contributed by atoms with Crippen molar-refractivity contribution in [2.24, 2.45) is 0 Å². The van der Waals surface area contributed by atoms with Gasteiger partial charge in [0.2, 0.25) is 0 Å². The van der Waals surface area contributed by atoms with Crippen LogP contribution >= 0.6 is 0 Å². The number of imide groups is 1. The zero-order chi connectivity index (χ0) is 16.4. The van der Waals surface area contributed by atoms with Crippen LogP contribution in [0.5, 0.6) is 0 Å². The molecule has 0 rings (SSSR count). The number of rotatable bonds is 2. The highest BCUT2D eigenvalue weighted by Crippen LogP contribution is 2.08. The molecule has 0 aliphatic carbocycles. The summed E-state index contributed by atoms with van der Waals surface area (Å²) in [6.45, 7) is 12.2. The predicted octanol–water partition coefficient (Wildman–Crippen LogP) is 3.43. The van der Waals surface area contributed by atoms with Crippen LogP contribution in [0.4, 0.5) is 9.59 Å². The monoisotopic (exact) mass is 289 g/mol. The van der Waals surface area contributed by atoms with E-state index in [1.165, 1.54) is 0 Å². The summed E-state index contributed by atoms with van der Waals surface area (Å²) in [5.41, 5.74) is -1.27. The molecule has 0 aromatic heterocycles. The zero-order valence-electron chi connectivity index (χ0n) is 13.5. The number of nitrogens with one attached hydrogen (secondary N) is 1. The van der Waals surface area contributed by atoms with Crippen LogP contribution in [0.2, 0.25) is 0 Å². The van der Waals surface area contributed by atoms with Crippen molar-refractivity contribution in [3.05, 3.63) is 0 Å². The molecule has 0 saturated heterocycles. The molecule has 0 saturated carbocycles. The Kier molecular flexibility index (Phi) is 9.67. The van der Waals surface area contributed by atoms with Crippen molar-refractivity contribution in [1.82, 2.24) is 5.32 Å². The summed E-state index contributed by atoms with van der Waals surface area (Å²) in [6.07, 6.45) is 0.997. The van der Waals surface area contributed by atoms with Gasteiger partial charge in [0.1, 0.15) is 17.5 Å². The molecule has 0 atom stereocenters. The summed E-state index contributed by atoms with van der Waals surface area (Å²) >= 11 is 0. The van der Waals surface area contributed by atoms with Crippen LogP contribution in [0.3, 0.4) is 0 Å². The number of unbranched alkanes of at least 4 members (excludes halogenated alkanes) is 1. The molecule has 0 heterocycles. The van der Waals surface area contributed by atoms with Gasteiger partial charge in [-0.15, -0.1) is 0 Å². The maximum atomic E-state index is 11.1.